The smallest absolute Gasteiger partial charge is 0.0227 e. The maximum Gasteiger partial charge on any atom is -0.0227 e. The van der Waals surface area contributed by atoms with E-state index in [1.807, 2.05) is 0 Å². The maximum absolute atomic E-state index is 2.40. The predicted octanol–water partition coefficient (Wildman–Crippen LogP) is 4.64. The van der Waals surface area contributed by atoms with Gasteiger partial charge in [0.05, 0.1) is 0 Å². The summed E-state index contributed by atoms with van der Waals surface area (Å²) in [6.07, 6.45) is 10.6. The SMILES string of the molecule is CCCC1(CCC)C2CC3(CC3CC)C21. The van der Waals surface area contributed by atoms with E-state index < -0.39 is 0 Å². The lowest BCUT2D eigenvalue weighted by molar-refractivity contribution is 0.226. The number of hydrogen-bond donors (Lipinski definition) is 0. The lowest BCUT2D eigenvalue weighted by atomic mass is 9.79. The predicted molar refractivity (Wildman–Crippen MR) is 64.7 cm³/mol. The minimum Gasteiger partial charge on any atom is -0.0654 e. The van der Waals surface area contributed by atoms with Gasteiger partial charge in [0.15, 0.2) is 0 Å². The molecule has 3 fully saturated rings. The van der Waals surface area contributed by atoms with Crippen molar-refractivity contribution in [2.24, 2.45) is 28.6 Å². The van der Waals surface area contributed by atoms with Crippen molar-refractivity contribution in [1.82, 2.24) is 0 Å². The van der Waals surface area contributed by atoms with Crippen LogP contribution in [-0.4, -0.2) is 0 Å². The molecule has 0 aromatic heterocycles. The summed E-state index contributed by atoms with van der Waals surface area (Å²) in [5.41, 5.74) is 1.76. The van der Waals surface area contributed by atoms with Gasteiger partial charge in [-0.1, -0.05) is 40.0 Å². The van der Waals surface area contributed by atoms with Crippen LogP contribution in [0.4, 0.5) is 0 Å². The Labute approximate surface area is 94.8 Å². The zero-order valence-electron chi connectivity index (χ0n) is 10.7. The van der Waals surface area contributed by atoms with Crippen LogP contribution in [0.1, 0.15) is 65.7 Å². The molecular formula is C15H26. The Morgan fingerprint density at radius 1 is 1.00 bits per heavy atom. The van der Waals surface area contributed by atoms with Crippen molar-refractivity contribution in [2.45, 2.75) is 65.7 Å². The second-order valence-electron chi connectivity index (χ2n) is 6.56. The normalized spacial score (nSPS) is 48.6. The standard InChI is InChI=1S/C15H26/c1-4-7-14(8-5-2)12-10-15(13(12)14)9-11(15)6-3/h11-13H,4-10H2,1-3H3. The van der Waals surface area contributed by atoms with E-state index >= 15 is 0 Å². The quantitative estimate of drug-likeness (QED) is 0.615. The van der Waals surface area contributed by atoms with E-state index in [-0.39, 0.29) is 0 Å². The van der Waals surface area contributed by atoms with E-state index in [2.05, 4.69) is 20.8 Å². The van der Waals surface area contributed by atoms with Crippen LogP contribution in [0.15, 0.2) is 0 Å². The molecule has 3 saturated carbocycles. The topological polar surface area (TPSA) is 0 Å². The molecule has 0 heteroatoms. The molecule has 0 N–H and O–H groups in total. The lowest BCUT2D eigenvalue weighted by Crippen LogP contribution is -2.19. The van der Waals surface area contributed by atoms with E-state index in [4.69, 9.17) is 0 Å². The Bertz CT molecular complexity index is 261. The third-order valence-electron chi connectivity index (χ3n) is 6.07. The molecule has 15 heavy (non-hydrogen) atoms. The highest BCUT2D eigenvalue weighted by Crippen LogP contribution is 2.90. The molecule has 0 radical (unpaired) electrons. The van der Waals surface area contributed by atoms with Crippen molar-refractivity contribution in [3.63, 3.8) is 0 Å². The highest BCUT2D eigenvalue weighted by Gasteiger charge is 2.84. The van der Waals surface area contributed by atoms with Crippen LogP contribution < -0.4 is 0 Å². The number of hydrogen-bond acceptors (Lipinski definition) is 0. The fraction of sp³-hybridized carbons (Fsp3) is 1.00. The van der Waals surface area contributed by atoms with E-state index in [0.717, 1.165) is 16.7 Å². The summed E-state index contributed by atoms with van der Waals surface area (Å²) in [4.78, 5) is 0. The van der Waals surface area contributed by atoms with Gasteiger partial charge in [-0.25, -0.2) is 0 Å². The van der Waals surface area contributed by atoms with Gasteiger partial charge in [0.1, 0.15) is 0 Å². The molecule has 0 aliphatic heterocycles. The highest BCUT2D eigenvalue weighted by atomic mass is 14.9. The van der Waals surface area contributed by atoms with Crippen LogP contribution in [0, 0.1) is 28.6 Å². The fourth-order valence-corrected chi connectivity index (χ4v) is 5.57. The molecular weight excluding hydrogens is 180 g/mol. The molecule has 0 bridgehead atoms. The average Bonchev–Trinajstić information content (AvgIpc) is 3.01. The molecule has 0 saturated heterocycles. The Kier molecular flexibility index (Phi) is 2.05. The zero-order valence-corrected chi connectivity index (χ0v) is 10.7. The van der Waals surface area contributed by atoms with Crippen LogP contribution >= 0.6 is 0 Å². The van der Waals surface area contributed by atoms with Gasteiger partial charge in [-0.05, 0) is 54.3 Å². The maximum atomic E-state index is 2.40. The van der Waals surface area contributed by atoms with Crippen molar-refractivity contribution >= 4 is 0 Å². The van der Waals surface area contributed by atoms with Gasteiger partial charge in [0.25, 0.3) is 0 Å². The highest BCUT2D eigenvalue weighted by molar-refractivity contribution is 5.32. The van der Waals surface area contributed by atoms with Gasteiger partial charge < -0.3 is 0 Å². The van der Waals surface area contributed by atoms with Crippen molar-refractivity contribution in [1.29, 1.82) is 0 Å². The summed E-state index contributed by atoms with van der Waals surface area (Å²) in [5, 5.41) is 0. The van der Waals surface area contributed by atoms with Crippen molar-refractivity contribution < 1.29 is 0 Å². The third kappa shape index (κ3) is 1.04. The molecule has 0 aromatic rings. The lowest BCUT2D eigenvalue weighted by Gasteiger charge is -2.25. The summed E-state index contributed by atoms with van der Waals surface area (Å²) in [6, 6.07) is 0. The van der Waals surface area contributed by atoms with Crippen LogP contribution in [0.3, 0.4) is 0 Å². The minimum atomic E-state index is 0.855. The monoisotopic (exact) mass is 206 g/mol. The molecule has 4 unspecified atom stereocenters. The largest absolute Gasteiger partial charge is 0.0654 e. The molecule has 1 spiro atoms. The molecule has 3 rings (SSSR count). The van der Waals surface area contributed by atoms with Crippen molar-refractivity contribution in [3.05, 3.63) is 0 Å². The molecule has 0 amide bonds. The first-order valence-corrected chi connectivity index (χ1v) is 7.25. The fourth-order valence-electron chi connectivity index (χ4n) is 5.57. The second kappa shape index (κ2) is 3.02. The van der Waals surface area contributed by atoms with Gasteiger partial charge >= 0.3 is 0 Å². The van der Waals surface area contributed by atoms with Gasteiger partial charge in [-0.3, -0.25) is 0 Å². The van der Waals surface area contributed by atoms with Crippen molar-refractivity contribution in [3.8, 4) is 0 Å². The summed E-state index contributed by atoms with van der Waals surface area (Å²) in [5.74, 6) is 3.50. The Morgan fingerprint density at radius 2 is 1.67 bits per heavy atom. The summed E-state index contributed by atoms with van der Waals surface area (Å²) >= 11 is 0. The molecule has 86 valence electrons. The summed E-state index contributed by atoms with van der Waals surface area (Å²) in [6.45, 7) is 7.16. The number of fused-ring (bicyclic) bond motifs is 2. The Balaban J connectivity index is 1.71. The van der Waals surface area contributed by atoms with Crippen LogP contribution in [-0.2, 0) is 0 Å². The van der Waals surface area contributed by atoms with Crippen LogP contribution in [0.25, 0.3) is 0 Å². The summed E-state index contributed by atoms with van der Waals surface area (Å²) in [7, 11) is 0. The summed E-state index contributed by atoms with van der Waals surface area (Å²) < 4.78 is 0. The van der Waals surface area contributed by atoms with Gasteiger partial charge in [0.2, 0.25) is 0 Å². The zero-order chi connectivity index (χ0) is 10.7. The first-order valence-electron chi connectivity index (χ1n) is 7.25. The molecule has 0 aromatic carbocycles. The van der Waals surface area contributed by atoms with Gasteiger partial charge in [-0.2, -0.15) is 0 Å². The van der Waals surface area contributed by atoms with Crippen LogP contribution in [0.5, 0.6) is 0 Å². The first kappa shape index (κ1) is 10.2. The first-order chi connectivity index (χ1) is 7.25. The van der Waals surface area contributed by atoms with Gasteiger partial charge in [-0.15, -0.1) is 0 Å². The van der Waals surface area contributed by atoms with E-state index in [1.165, 1.54) is 43.9 Å². The third-order valence-corrected chi connectivity index (χ3v) is 6.07. The van der Waals surface area contributed by atoms with Crippen LogP contribution in [0.2, 0.25) is 0 Å². The van der Waals surface area contributed by atoms with Crippen molar-refractivity contribution in [2.75, 3.05) is 0 Å². The van der Waals surface area contributed by atoms with E-state index in [1.54, 1.807) is 12.8 Å². The van der Waals surface area contributed by atoms with E-state index in [0.29, 0.717) is 0 Å². The van der Waals surface area contributed by atoms with Gasteiger partial charge in [0, 0.05) is 0 Å². The Hall–Kier alpha value is 0. The molecule has 0 nitrogen and oxygen atoms in total. The molecule has 4 atom stereocenters. The number of rotatable bonds is 5. The second-order valence-corrected chi connectivity index (χ2v) is 6.56. The molecule has 3 aliphatic carbocycles. The van der Waals surface area contributed by atoms with E-state index in [9.17, 15) is 0 Å². The molecule has 0 heterocycles. The molecule has 3 aliphatic rings. The average molecular weight is 206 g/mol. The minimum absolute atomic E-state index is 0.855. The Morgan fingerprint density at radius 3 is 2.13 bits per heavy atom.